The predicted molar refractivity (Wildman–Crippen MR) is 110 cm³/mol. The van der Waals surface area contributed by atoms with Gasteiger partial charge in [0.05, 0.1) is 11.6 Å². The molecule has 0 spiro atoms. The smallest absolute Gasteiger partial charge is 0.377 e. The maximum Gasteiger partial charge on any atom is 0.434 e. The molecule has 0 amide bonds. The Morgan fingerprint density at radius 3 is 2.66 bits per heavy atom. The molecular weight excluding hydrogens is 401 g/mol. The highest BCUT2D eigenvalue weighted by Crippen LogP contribution is 2.29. The topological polar surface area (TPSA) is 58.5 Å². The molecule has 2 aromatic rings. The fourth-order valence-electron chi connectivity index (χ4n) is 2.46. The van der Waals surface area contributed by atoms with E-state index in [1.165, 1.54) is 0 Å². The van der Waals surface area contributed by atoms with Gasteiger partial charge in [-0.25, -0.2) is 4.98 Å². The first kappa shape index (κ1) is 23.2. The number of nitrogens with one attached hydrogen (secondary N) is 2. The van der Waals surface area contributed by atoms with E-state index in [9.17, 15) is 13.2 Å². The van der Waals surface area contributed by atoms with Crippen LogP contribution in [0, 0.1) is 0 Å². The molecule has 5 nitrogen and oxygen atoms in total. The van der Waals surface area contributed by atoms with Crippen LogP contribution < -0.4 is 10.6 Å². The molecule has 0 radical (unpaired) electrons. The van der Waals surface area contributed by atoms with Crippen molar-refractivity contribution in [3.8, 4) is 0 Å². The minimum atomic E-state index is -4.39. The number of rotatable bonds is 11. The van der Waals surface area contributed by atoms with Crippen molar-refractivity contribution in [3.05, 3.63) is 52.0 Å². The second kappa shape index (κ2) is 12.4. The van der Waals surface area contributed by atoms with E-state index in [-0.39, 0.29) is 0 Å². The van der Waals surface area contributed by atoms with Gasteiger partial charge in [0.25, 0.3) is 0 Å². The predicted octanol–water partition coefficient (Wildman–Crippen LogP) is 4.26. The van der Waals surface area contributed by atoms with E-state index in [0.29, 0.717) is 50.2 Å². The molecule has 0 saturated carbocycles. The lowest BCUT2D eigenvalue weighted by molar-refractivity contribution is -0.140. The summed E-state index contributed by atoms with van der Waals surface area (Å²) in [6, 6.07) is 10.0. The highest BCUT2D eigenvalue weighted by atomic mass is 32.1. The van der Waals surface area contributed by atoms with Crippen LogP contribution in [0.4, 0.5) is 13.2 Å². The Morgan fingerprint density at radius 2 is 1.97 bits per heavy atom. The normalized spacial score (nSPS) is 12.2. The van der Waals surface area contributed by atoms with Crippen molar-refractivity contribution in [2.75, 3.05) is 26.2 Å². The number of thiazole rings is 1. The Hall–Kier alpha value is -2.13. The van der Waals surface area contributed by atoms with Crippen LogP contribution in [0.5, 0.6) is 0 Å². The number of benzene rings is 1. The van der Waals surface area contributed by atoms with Crippen molar-refractivity contribution >= 4 is 17.3 Å². The van der Waals surface area contributed by atoms with Gasteiger partial charge in [-0.05, 0) is 25.3 Å². The summed E-state index contributed by atoms with van der Waals surface area (Å²) in [5, 5.41) is 7.77. The van der Waals surface area contributed by atoms with Crippen LogP contribution in [0.15, 0.2) is 40.7 Å². The standard InChI is InChI=1S/C20H27F3N4OS/c1-2-24-19(26-12-10-18-27-17(15-29-18)20(21,22)23)25-11-6-7-13-28-14-16-8-4-3-5-9-16/h3-5,8-9,15H,2,6-7,10-14H2,1H3,(H2,24,25,26). The highest BCUT2D eigenvalue weighted by molar-refractivity contribution is 7.09. The van der Waals surface area contributed by atoms with Crippen LogP contribution in [0.2, 0.25) is 0 Å². The zero-order valence-electron chi connectivity index (χ0n) is 16.5. The third-order valence-electron chi connectivity index (χ3n) is 3.90. The van der Waals surface area contributed by atoms with Gasteiger partial charge in [-0.1, -0.05) is 30.3 Å². The maximum atomic E-state index is 12.6. The summed E-state index contributed by atoms with van der Waals surface area (Å²) < 4.78 is 43.4. The molecule has 0 bridgehead atoms. The summed E-state index contributed by atoms with van der Waals surface area (Å²) >= 11 is 1.02. The third-order valence-corrected chi connectivity index (χ3v) is 4.80. The van der Waals surface area contributed by atoms with E-state index < -0.39 is 11.9 Å². The summed E-state index contributed by atoms with van der Waals surface area (Å²) in [7, 11) is 0. The van der Waals surface area contributed by atoms with E-state index in [4.69, 9.17) is 4.74 Å². The average molecular weight is 429 g/mol. The van der Waals surface area contributed by atoms with Crippen LogP contribution in [0.25, 0.3) is 0 Å². The van der Waals surface area contributed by atoms with E-state index in [0.717, 1.165) is 35.1 Å². The van der Waals surface area contributed by atoms with Crippen LogP contribution in [0.3, 0.4) is 0 Å². The zero-order valence-corrected chi connectivity index (χ0v) is 17.3. The van der Waals surface area contributed by atoms with Gasteiger partial charge in [-0.2, -0.15) is 13.2 Å². The molecule has 0 unspecified atom stereocenters. The molecule has 0 aliphatic rings. The molecule has 160 valence electrons. The Bertz CT molecular complexity index is 735. The van der Waals surface area contributed by atoms with Crippen molar-refractivity contribution < 1.29 is 17.9 Å². The van der Waals surface area contributed by atoms with Crippen molar-refractivity contribution in [2.45, 2.75) is 39.0 Å². The minimum absolute atomic E-state index is 0.415. The lowest BCUT2D eigenvalue weighted by Gasteiger charge is -2.10. The SMILES string of the molecule is CCNC(=NCCCCOCc1ccccc1)NCCc1nc(C(F)(F)F)cs1. The number of halogens is 3. The number of guanidine groups is 1. The summed E-state index contributed by atoms with van der Waals surface area (Å²) in [6.07, 6.45) is -2.16. The number of ether oxygens (including phenoxy) is 1. The summed E-state index contributed by atoms with van der Waals surface area (Å²) in [5.74, 6) is 0.658. The Balaban J connectivity index is 1.62. The van der Waals surface area contributed by atoms with Gasteiger partial charge < -0.3 is 15.4 Å². The molecule has 0 aliphatic heterocycles. The summed E-state index contributed by atoms with van der Waals surface area (Å²) in [6.45, 7) is 5.09. The van der Waals surface area contributed by atoms with Crippen LogP contribution in [-0.4, -0.2) is 37.2 Å². The minimum Gasteiger partial charge on any atom is -0.377 e. The zero-order chi connectivity index (χ0) is 21.0. The molecule has 9 heteroatoms. The van der Waals surface area contributed by atoms with Crippen LogP contribution >= 0.6 is 11.3 Å². The number of alkyl halides is 3. The molecule has 0 aliphatic carbocycles. The second-order valence-electron chi connectivity index (χ2n) is 6.31. The first-order chi connectivity index (χ1) is 14.0. The van der Waals surface area contributed by atoms with Crippen molar-refractivity contribution in [3.63, 3.8) is 0 Å². The van der Waals surface area contributed by atoms with Gasteiger partial charge in [0.15, 0.2) is 11.7 Å². The van der Waals surface area contributed by atoms with Gasteiger partial charge >= 0.3 is 6.18 Å². The Morgan fingerprint density at radius 1 is 1.17 bits per heavy atom. The van der Waals surface area contributed by atoms with Gasteiger partial charge in [-0.3, -0.25) is 4.99 Å². The number of hydrogen-bond acceptors (Lipinski definition) is 4. The fourth-order valence-corrected chi connectivity index (χ4v) is 3.26. The highest BCUT2D eigenvalue weighted by Gasteiger charge is 2.33. The van der Waals surface area contributed by atoms with Crippen molar-refractivity contribution in [1.82, 2.24) is 15.6 Å². The fraction of sp³-hybridized carbons (Fsp3) is 0.500. The monoisotopic (exact) mass is 428 g/mol. The summed E-state index contributed by atoms with van der Waals surface area (Å²) in [4.78, 5) is 8.12. The lowest BCUT2D eigenvalue weighted by Crippen LogP contribution is -2.38. The quantitative estimate of drug-likeness (QED) is 0.319. The molecule has 1 aromatic heterocycles. The Labute approximate surface area is 173 Å². The van der Waals surface area contributed by atoms with Crippen molar-refractivity contribution in [1.29, 1.82) is 0 Å². The second-order valence-corrected chi connectivity index (χ2v) is 7.25. The number of aliphatic imine (C=N–C) groups is 1. The summed E-state index contributed by atoms with van der Waals surface area (Å²) in [5.41, 5.74) is 0.333. The van der Waals surface area contributed by atoms with E-state index in [1.54, 1.807) is 0 Å². The molecule has 2 N–H and O–H groups in total. The largest absolute Gasteiger partial charge is 0.434 e. The van der Waals surface area contributed by atoms with Gasteiger partial charge in [-0.15, -0.1) is 11.3 Å². The van der Waals surface area contributed by atoms with Crippen LogP contribution in [0.1, 0.15) is 36.0 Å². The van der Waals surface area contributed by atoms with E-state index in [2.05, 4.69) is 20.6 Å². The molecular formula is C20H27F3N4OS. The molecule has 29 heavy (non-hydrogen) atoms. The third kappa shape index (κ3) is 9.27. The van der Waals surface area contributed by atoms with Gasteiger partial charge in [0, 0.05) is 38.0 Å². The van der Waals surface area contributed by atoms with E-state index in [1.807, 2.05) is 37.3 Å². The van der Waals surface area contributed by atoms with Crippen LogP contribution in [-0.2, 0) is 23.9 Å². The van der Waals surface area contributed by atoms with E-state index >= 15 is 0 Å². The first-order valence-electron chi connectivity index (χ1n) is 9.64. The molecule has 2 rings (SSSR count). The number of unbranched alkanes of at least 4 members (excludes halogenated alkanes) is 1. The molecule has 0 atom stereocenters. The molecule has 1 heterocycles. The van der Waals surface area contributed by atoms with Gasteiger partial charge in [0.2, 0.25) is 0 Å². The number of aromatic nitrogens is 1. The average Bonchev–Trinajstić information content (AvgIpc) is 3.17. The Kier molecular flexibility index (Phi) is 9.93. The first-order valence-corrected chi connectivity index (χ1v) is 10.5. The molecule has 0 fully saturated rings. The lowest BCUT2D eigenvalue weighted by atomic mass is 10.2. The number of hydrogen-bond donors (Lipinski definition) is 2. The van der Waals surface area contributed by atoms with Gasteiger partial charge in [0.1, 0.15) is 0 Å². The molecule has 1 aromatic carbocycles. The van der Waals surface area contributed by atoms with Crippen molar-refractivity contribution in [2.24, 2.45) is 4.99 Å². The number of nitrogens with zero attached hydrogens (tertiary/aromatic N) is 2. The molecule has 0 saturated heterocycles. The maximum absolute atomic E-state index is 12.6.